The molecule has 0 aliphatic heterocycles. The molecule has 1 heterocycles. The van der Waals surface area contributed by atoms with Gasteiger partial charge in [0.15, 0.2) is 0 Å². The molecule has 0 aliphatic carbocycles. The van der Waals surface area contributed by atoms with Crippen LogP contribution in [0.1, 0.15) is 17.2 Å². The van der Waals surface area contributed by atoms with Crippen molar-refractivity contribution in [1.29, 1.82) is 0 Å². The first kappa shape index (κ1) is 14.0. The predicted molar refractivity (Wildman–Crippen MR) is 96.5 cm³/mol. The number of rotatable bonds is 4. The molecule has 1 N–H and O–H groups in total. The van der Waals surface area contributed by atoms with Gasteiger partial charge >= 0.3 is 0 Å². The van der Waals surface area contributed by atoms with Crippen LogP contribution in [0, 0.1) is 2.88 Å². The van der Waals surface area contributed by atoms with E-state index in [2.05, 4.69) is 81.8 Å². The lowest BCUT2D eigenvalue weighted by Crippen LogP contribution is -2.18. The van der Waals surface area contributed by atoms with Gasteiger partial charge in [-0.15, -0.1) is 11.3 Å². The molecule has 0 spiro atoms. The van der Waals surface area contributed by atoms with E-state index in [1.165, 1.54) is 24.8 Å². The van der Waals surface area contributed by atoms with E-state index in [0.29, 0.717) is 6.04 Å². The summed E-state index contributed by atoms with van der Waals surface area (Å²) < 4.78 is 1.34. The third-order valence-corrected chi connectivity index (χ3v) is 5.40. The molecule has 3 aromatic rings. The van der Waals surface area contributed by atoms with Gasteiger partial charge in [-0.25, -0.2) is 0 Å². The highest BCUT2D eigenvalue weighted by Crippen LogP contribution is 2.26. The van der Waals surface area contributed by atoms with Crippen LogP contribution in [-0.4, -0.2) is 7.05 Å². The molecule has 2 aromatic carbocycles. The van der Waals surface area contributed by atoms with Gasteiger partial charge in [0.05, 0.1) is 2.88 Å². The Morgan fingerprint density at radius 3 is 2.60 bits per heavy atom. The Kier molecular flexibility index (Phi) is 4.38. The van der Waals surface area contributed by atoms with Gasteiger partial charge in [-0.1, -0.05) is 42.5 Å². The molecular weight excluding hydrogens is 377 g/mol. The van der Waals surface area contributed by atoms with Crippen LogP contribution < -0.4 is 5.32 Å². The number of halogens is 1. The maximum absolute atomic E-state index is 3.43. The van der Waals surface area contributed by atoms with Gasteiger partial charge in [0.2, 0.25) is 0 Å². The van der Waals surface area contributed by atoms with Crippen LogP contribution in [0.15, 0.2) is 53.9 Å². The second-order valence-corrected chi connectivity index (χ2v) is 7.72. The van der Waals surface area contributed by atoms with E-state index in [9.17, 15) is 0 Å². The Bertz CT molecular complexity index is 720. The summed E-state index contributed by atoms with van der Waals surface area (Å²) in [6.45, 7) is 0. The van der Waals surface area contributed by atoms with E-state index in [0.717, 1.165) is 6.42 Å². The lowest BCUT2D eigenvalue weighted by Gasteiger charge is -2.15. The quantitative estimate of drug-likeness (QED) is 0.615. The van der Waals surface area contributed by atoms with Crippen molar-refractivity contribution in [2.45, 2.75) is 12.5 Å². The number of nitrogens with one attached hydrogen (secondary N) is 1. The molecule has 0 aliphatic rings. The van der Waals surface area contributed by atoms with Crippen molar-refractivity contribution < 1.29 is 0 Å². The fourth-order valence-corrected chi connectivity index (χ4v) is 3.92. The Morgan fingerprint density at radius 1 is 1.10 bits per heavy atom. The lowest BCUT2D eigenvalue weighted by molar-refractivity contribution is 0.594. The summed E-state index contributed by atoms with van der Waals surface area (Å²) >= 11 is 4.19. The summed E-state index contributed by atoms with van der Waals surface area (Å²) in [6, 6.07) is 17.9. The molecule has 3 rings (SSSR count). The molecule has 3 heteroatoms. The van der Waals surface area contributed by atoms with Gasteiger partial charge in [-0.05, 0) is 69.4 Å². The van der Waals surface area contributed by atoms with Crippen LogP contribution in [0.5, 0.6) is 0 Å². The average molecular weight is 393 g/mol. The van der Waals surface area contributed by atoms with Crippen LogP contribution in [-0.2, 0) is 6.42 Å². The average Bonchev–Trinajstić information content (AvgIpc) is 2.91. The third-order valence-electron chi connectivity index (χ3n) is 3.59. The Morgan fingerprint density at radius 2 is 1.90 bits per heavy atom. The number of benzene rings is 2. The van der Waals surface area contributed by atoms with Crippen molar-refractivity contribution in [3.8, 4) is 0 Å². The molecule has 20 heavy (non-hydrogen) atoms. The largest absolute Gasteiger partial charge is 0.313 e. The van der Waals surface area contributed by atoms with Crippen LogP contribution in [0.3, 0.4) is 0 Å². The fourth-order valence-electron chi connectivity index (χ4n) is 2.49. The molecule has 1 atom stereocenters. The van der Waals surface area contributed by atoms with Gasteiger partial charge in [-0.2, -0.15) is 0 Å². The minimum atomic E-state index is 0.385. The standard InChI is InChI=1S/C17H16INS/c1-19-16(15-10-17(18)20-11-15)9-12-6-7-13-4-2-3-5-14(13)8-12/h2-8,10-11,16,19H,9H2,1H3. The highest BCUT2D eigenvalue weighted by molar-refractivity contribution is 14.1. The summed E-state index contributed by atoms with van der Waals surface area (Å²) in [6.07, 6.45) is 1.02. The molecule has 0 saturated carbocycles. The molecule has 1 aromatic heterocycles. The minimum Gasteiger partial charge on any atom is -0.313 e. The molecule has 1 nitrogen and oxygen atoms in total. The van der Waals surface area contributed by atoms with Crippen LogP contribution in [0.25, 0.3) is 10.8 Å². The zero-order chi connectivity index (χ0) is 13.9. The predicted octanol–water partition coefficient (Wildman–Crippen LogP) is 5.01. The van der Waals surface area contributed by atoms with Crippen molar-refractivity contribution in [2.24, 2.45) is 0 Å². The van der Waals surface area contributed by atoms with E-state index < -0.39 is 0 Å². The summed E-state index contributed by atoms with van der Waals surface area (Å²) in [5, 5.41) is 8.31. The van der Waals surface area contributed by atoms with Gasteiger partial charge in [0.1, 0.15) is 0 Å². The number of hydrogen-bond acceptors (Lipinski definition) is 2. The number of thiophene rings is 1. The van der Waals surface area contributed by atoms with E-state index in [1.54, 1.807) is 0 Å². The Labute approximate surface area is 137 Å². The number of hydrogen-bond donors (Lipinski definition) is 1. The molecule has 0 amide bonds. The smallest absolute Gasteiger partial charge is 0.0656 e. The highest BCUT2D eigenvalue weighted by atomic mass is 127. The van der Waals surface area contributed by atoms with Crippen molar-refractivity contribution in [1.82, 2.24) is 5.32 Å². The number of fused-ring (bicyclic) bond motifs is 1. The maximum Gasteiger partial charge on any atom is 0.0656 e. The molecule has 0 bridgehead atoms. The molecule has 0 saturated heterocycles. The van der Waals surface area contributed by atoms with Crippen molar-refractivity contribution in [3.63, 3.8) is 0 Å². The van der Waals surface area contributed by atoms with Gasteiger partial charge in [0.25, 0.3) is 0 Å². The Hall–Kier alpha value is -0.910. The first-order valence-corrected chi connectivity index (χ1v) is 8.61. The van der Waals surface area contributed by atoms with E-state index in [1.807, 2.05) is 18.4 Å². The topological polar surface area (TPSA) is 12.0 Å². The first-order valence-electron chi connectivity index (χ1n) is 6.65. The summed E-state index contributed by atoms with van der Waals surface area (Å²) in [7, 11) is 2.04. The van der Waals surface area contributed by atoms with Crippen molar-refractivity contribution in [3.05, 3.63) is 67.9 Å². The third kappa shape index (κ3) is 3.05. The van der Waals surface area contributed by atoms with Crippen molar-refractivity contribution >= 4 is 44.7 Å². The number of likely N-dealkylation sites (N-methyl/N-ethyl adjacent to an activating group) is 1. The van der Waals surface area contributed by atoms with Gasteiger partial charge in [0, 0.05) is 6.04 Å². The minimum absolute atomic E-state index is 0.385. The zero-order valence-corrected chi connectivity index (χ0v) is 14.2. The normalized spacial score (nSPS) is 12.7. The summed E-state index contributed by atoms with van der Waals surface area (Å²) in [5.74, 6) is 0. The summed E-state index contributed by atoms with van der Waals surface area (Å²) in [4.78, 5) is 0. The zero-order valence-electron chi connectivity index (χ0n) is 11.3. The van der Waals surface area contributed by atoms with Crippen molar-refractivity contribution in [2.75, 3.05) is 7.05 Å². The monoisotopic (exact) mass is 393 g/mol. The Balaban J connectivity index is 1.87. The van der Waals surface area contributed by atoms with Crippen LogP contribution >= 0.6 is 33.9 Å². The second kappa shape index (κ2) is 6.24. The van der Waals surface area contributed by atoms with Gasteiger partial charge in [-0.3, -0.25) is 0 Å². The van der Waals surface area contributed by atoms with E-state index in [4.69, 9.17) is 0 Å². The molecule has 102 valence electrons. The van der Waals surface area contributed by atoms with Crippen LogP contribution in [0.2, 0.25) is 0 Å². The summed E-state index contributed by atoms with van der Waals surface area (Å²) in [5.41, 5.74) is 2.76. The lowest BCUT2D eigenvalue weighted by atomic mass is 9.99. The van der Waals surface area contributed by atoms with E-state index >= 15 is 0 Å². The molecule has 0 radical (unpaired) electrons. The highest BCUT2D eigenvalue weighted by Gasteiger charge is 2.12. The van der Waals surface area contributed by atoms with Crippen LogP contribution in [0.4, 0.5) is 0 Å². The SMILES string of the molecule is CNC(Cc1ccc2ccccc2c1)c1csc(I)c1. The molecule has 1 unspecified atom stereocenters. The second-order valence-electron chi connectivity index (χ2n) is 4.91. The maximum atomic E-state index is 3.43. The fraction of sp³-hybridized carbons (Fsp3) is 0.176. The van der Waals surface area contributed by atoms with E-state index in [-0.39, 0.29) is 0 Å². The van der Waals surface area contributed by atoms with Gasteiger partial charge < -0.3 is 5.32 Å². The first-order chi connectivity index (χ1) is 9.76. The molecular formula is C17H16INS. The molecule has 0 fully saturated rings.